The monoisotopic (exact) mass is 377 g/mol. The number of benzene rings is 1. The highest BCUT2D eigenvalue weighted by atomic mass is 35.5. The lowest BCUT2D eigenvalue weighted by atomic mass is 10.3. The Morgan fingerprint density at radius 1 is 1.25 bits per heavy atom. The van der Waals surface area contributed by atoms with Crippen LogP contribution >= 0.6 is 34.7 Å². The van der Waals surface area contributed by atoms with Crippen molar-refractivity contribution in [2.45, 2.75) is 6.92 Å². The fraction of sp³-hybridized carbons (Fsp3) is 0.0625. The molecule has 0 bridgehead atoms. The maximum absolute atomic E-state index is 8.12. The Hall–Kier alpha value is -2.15. The van der Waals surface area contributed by atoms with Crippen molar-refractivity contribution in [3.8, 4) is 0 Å². The lowest BCUT2D eigenvalue weighted by Crippen LogP contribution is -2.28. The second-order valence-electron chi connectivity index (χ2n) is 4.93. The minimum Gasteiger partial charge on any atom is -0.323 e. The van der Waals surface area contributed by atoms with Crippen LogP contribution in [0.2, 0.25) is 10.0 Å². The lowest BCUT2D eigenvalue weighted by Gasteiger charge is -2.10. The zero-order valence-electron chi connectivity index (χ0n) is 12.6. The minimum atomic E-state index is 0.340. The van der Waals surface area contributed by atoms with Crippen LogP contribution in [0.4, 0.5) is 11.4 Å². The number of nitrogens with one attached hydrogen (secondary N) is 2. The summed E-state index contributed by atoms with van der Waals surface area (Å²) in [4.78, 5) is 9.68. The van der Waals surface area contributed by atoms with E-state index in [4.69, 9.17) is 28.6 Å². The third-order valence-corrected chi connectivity index (χ3v) is 4.74. The normalized spacial score (nSPS) is 11.5. The summed E-state index contributed by atoms with van der Waals surface area (Å²) in [6.07, 6.45) is 3.38. The molecule has 0 aliphatic rings. The molecule has 1 aromatic carbocycles. The summed E-state index contributed by atoms with van der Waals surface area (Å²) in [7, 11) is 0. The van der Waals surface area contributed by atoms with Crippen LogP contribution in [0.25, 0.3) is 0 Å². The van der Waals surface area contributed by atoms with Crippen molar-refractivity contribution in [3.63, 3.8) is 0 Å². The molecule has 0 saturated carbocycles. The van der Waals surface area contributed by atoms with Crippen LogP contribution in [0.3, 0.4) is 0 Å². The molecule has 8 heteroatoms. The van der Waals surface area contributed by atoms with Crippen LogP contribution < -0.4 is 10.8 Å². The number of rotatable bonds is 2. The molecule has 5 nitrogen and oxygen atoms in total. The van der Waals surface area contributed by atoms with E-state index >= 15 is 0 Å². The Morgan fingerprint density at radius 2 is 2.08 bits per heavy atom. The number of aryl methyl sites for hydroxylation is 1. The van der Waals surface area contributed by atoms with Gasteiger partial charge in [-0.05, 0) is 43.3 Å². The topological polar surface area (TPSA) is 66.1 Å². The number of hydrogen-bond donors (Lipinski definition) is 2. The van der Waals surface area contributed by atoms with E-state index in [1.165, 1.54) is 11.5 Å². The van der Waals surface area contributed by atoms with E-state index in [1.54, 1.807) is 40.6 Å². The summed E-state index contributed by atoms with van der Waals surface area (Å²) >= 11 is 13.4. The Labute approximate surface area is 152 Å². The molecule has 3 rings (SSSR count). The molecule has 0 aliphatic carbocycles. The van der Waals surface area contributed by atoms with Crippen LogP contribution in [0.15, 0.2) is 53.8 Å². The van der Waals surface area contributed by atoms with Crippen LogP contribution in [-0.2, 0) is 0 Å². The fourth-order valence-corrected chi connectivity index (χ4v) is 3.06. The number of pyridine rings is 1. The maximum Gasteiger partial charge on any atom is 0.223 e. The Balaban J connectivity index is 2.07. The average Bonchev–Trinajstić information content (AvgIpc) is 2.90. The van der Waals surface area contributed by atoms with E-state index < -0.39 is 0 Å². The van der Waals surface area contributed by atoms with Gasteiger partial charge in [-0.3, -0.25) is 10.4 Å². The van der Waals surface area contributed by atoms with Crippen molar-refractivity contribution in [1.29, 1.82) is 5.41 Å². The molecule has 0 atom stereocenters. The molecule has 0 fully saturated rings. The predicted molar refractivity (Wildman–Crippen MR) is 99.7 cm³/mol. The minimum absolute atomic E-state index is 0.340. The standard InChI is InChI=1S/C16H13Cl2N5S/c1-10-7-15(19)23(24-10)16(22-12-3-2-6-20-9-12)21-11-4-5-13(17)14(18)8-11/h2-9,19H,1H3,(H,21,22). The Bertz CT molecular complexity index is 947. The lowest BCUT2D eigenvalue weighted by molar-refractivity contribution is 1.07. The molecule has 0 aliphatic heterocycles. The number of aromatic nitrogens is 2. The predicted octanol–water partition coefficient (Wildman–Crippen LogP) is 4.69. The summed E-state index contributed by atoms with van der Waals surface area (Å²) in [5.74, 6) is 0.490. The molecule has 0 unspecified atom stereocenters. The van der Waals surface area contributed by atoms with Crippen molar-refractivity contribution >= 4 is 52.1 Å². The van der Waals surface area contributed by atoms with E-state index in [0.29, 0.717) is 27.2 Å². The van der Waals surface area contributed by atoms with Gasteiger partial charge in [0.2, 0.25) is 5.96 Å². The third kappa shape index (κ3) is 3.84. The van der Waals surface area contributed by atoms with Gasteiger partial charge in [0, 0.05) is 11.1 Å². The Kier molecular flexibility index (Phi) is 4.99. The van der Waals surface area contributed by atoms with Crippen molar-refractivity contribution in [2.24, 2.45) is 4.99 Å². The van der Waals surface area contributed by atoms with Gasteiger partial charge in [-0.15, -0.1) is 0 Å². The third-order valence-electron chi connectivity index (χ3n) is 3.04. The number of halogens is 2. The largest absolute Gasteiger partial charge is 0.323 e. The first-order valence-electron chi connectivity index (χ1n) is 6.98. The van der Waals surface area contributed by atoms with Crippen LogP contribution in [0.1, 0.15) is 4.88 Å². The summed E-state index contributed by atoms with van der Waals surface area (Å²) in [6, 6.07) is 10.6. The molecular weight excluding hydrogens is 365 g/mol. The molecular formula is C16H13Cl2N5S. The fourth-order valence-electron chi connectivity index (χ4n) is 1.99. The number of nitrogens with zero attached hydrogens (tertiary/aromatic N) is 3. The highest BCUT2D eigenvalue weighted by Gasteiger charge is 2.09. The zero-order chi connectivity index (χ0) is 17.1. The first kappa shape index (κ1) is 16.7. The highest BCUT2D eigenvalue weighted by molar-refractivity contribution is 7.07. The molecule has 2 aromatic heterocycles. The van der Waals surface area contributed by atoms with Crippen molar-refractivity contribution in [2.75, 3.05) is 5.32 Å². The van der Waals surface area contributed by atoms with E-state index in [1.807, 2.05) is 19.1 Å². The quantitative estimate of drug-likeness (QED) is 0.502. The zero-order valence-corrected chi connectivity index (χ0v) is 15.0. The second-order valence-corrected chi connectivity index (χ2v) is 6.93. The second kappa shape index (κ2) is 7.17. The molecule has 24 heavy (non-hydrogen) atoms. The molecule has 2 N–H and O–H groups in total. The summed E-state index contributed by atoms with van der Waals surface area (Å²) in [5.41, 5.74) is 1.75. The molecule has 3 aromatic rings. The molecule has 0 spiro atoms. The first-order valence-corrected chi connectivity index (χ1v) is 8.51. The number of aliphatic imine (C=N–C) groups is 1. The van der Waals surface area contributed by atoms with Gasteiger partial charge in [0.05, 0.1) is 27.6 Å². The van der Waals surface area contributed by atoms with Gasteiger partial charge in [0.15, 0.2) is 0 Å². The summed E-state index contributed by atoms with van der Waals surface area (Å²) < 4.78 is 1.70. The van der Waals surface area contributed by atoms with Crippen molar-refractivity contribution < 1.29 is 0 Å². The highest BCUT2D eigenvalue weighted by Crippen LogP contribution is 2.27. The summed E-state index contributed by atoms with van der Waals surface area (Å²) in [6.45, 7) is 1.94. The van der Waals surface area contributed by atoms with Gasteiger partial charge in [-0.1, -0.05) is 34.7 Å². The van der Waals surface area contributed by atoms with Crippen LogP contribution in [0, 0.1) is 12.3 Å². The van der Waals surface area contributed by atoms with Gasteiger partial charge < -0.3 is 5.32 Å². The average molecular weight is 378 g/mol. The smallest absolute Gasteiger partial charge is 0.223 e. The molecule has 2 heterocycles. The van der Waals surface area contributed by atoms with Crippen molar-refractivity contribution in [3.05, 3.63) is 69.2 Å². The van der Waals surface area contributed by atoms with Gasteiger partial charge in [-0.25, -0.2) is 8.95 Å². The summed E-state index contributed by atoms with van der Waals surface area (Å²) in [5, 5.41) is 12.2. The molecule has 0 saturated heterocycles. The molecule has 0 amide bonds. The number of anilines is 1. The van der Waals surface area contributed by atoms with E-state index in [2.05, 4.69) is 15.3 Å². The maximum atomic E-state index is 8.12. The van der Waals surface area contributed by atoms with E-state index in [0.717, 1.165) is 10.6 Å². The van der Waals surface area contributed by atoms with Crippen LogP contribution in [0.5, 0.6) is 0 Å². The van der Waals surface area contributed by atoms with Gasteiger partial charge in [0.1, 0.15) is 5.49 Å². The first-order chi connectivity index (χ1) is 11.5. The van der Waals surface area contributed by atoms with Crippen molar-refractivity contribution in [1.82, 2.24) is 8.94 Å². The van der Waals surface area contributed by atoms with E-state index in [-0.39, 0.29) is 0 Å². The Morgan fingerprint density at radius 3 is 2.71 bits per heavy atom. The van der Waals surface area contributed by atoms with Gasteiger partial charge in [-0.2, -0.15) is 0 Å². The van der Waals surface area contributed by atoms with E-state index in [9.17, 15) is 0 Å². The SMILES string of the molecule is Cc1cc(=N)n(C(=Nc2ccc(Cl)c(Cl)c2)Nc2cccnc2)s1. The van der Waals surface area contributed by atoms with Gasteiger partial charge >= 0.3 is 0 Å². The molecule has 122 valence electrons. The van der Waals surface area contributed by atoms with Gasteiger partial charge in [0.25, 0.3) is 0 Å². The molecule has 0 radical (unpaired) electrons. The van der Waals surface area contributed by atoms with Crippen LogP contribution in [-0.4, -0.2) is 14.9 Å². The number of hydrogen-bond acceptors (Lipinski definition) is 4.